The van der Waals surface area contributed by atoms with Crippen LogP contribution in [-0.4, -0.2) is 61.5 Å². The first kappa shape index (κ1) is 30.0. The molecule has 3 aromatic rings. The molecule has 1 amide bonds. The van der Waals surface area contributed by atoms with Crippen LogP contribution in [0, 0.1) is 0 Å². The normalized spacial score (nSPS) is 14.7. The lowest BCUT2D eigenvalue weighted by atomic mass is 10.1. The van der Waals surface area contributed by atoms with Gasteiger partial charge in [-0.1, -0.05) is 0 Å². The number of thiazole rings is 1. The molecule has 1 aliphatic heterocycles. The number of halogens is 3. The molecule has 1 saturated heterocycles. The van der Waals surface area contributed by atoms with E-state index in [-0.39, 0.29) is 11.3 Å². The average Bonchev–Trinajstić information content (AvgIpc) is 3.36. The van der Waals surface area contributed by atoms with Gasteiger partial charge in [-0.15, -0.1) is 24.5 Å². The maximum Gasteiger partial charge on any atom is 0.573 e. The molecule has 0 saturated carbocycles. The third kappa shape index (κ3) is 8.03. The molecule has 0 radical (unpaired) electrons. The Hall–Kier alpha value is -4.00. The van der Waals surface area contributed by atoms with Crippen molar-refractivity contribution in [1.29, 1.82) is 0 Å². The quantitative estimate of drug-likeness (QED) is 0.212. The van der Waals surface area contributed by atoms with Crippen LogP contribution in [0.25, 0.3) is 11.3 Å². The molecular weight excluding hydrogens is 559 g/mol. The number of benzene rings is 2. The van der Waals surface area contributed by atoms with E-state index in [0.29, 0.717) is 53.0 Å². The van der Waals surface area contributed by atoms with Gasteiger partial charge in [-0.2, -0.15) is 4.99 Å². The van der Waals surface area contributed by atoms with E-state index in [1.165, 1.54) is 56.2 Å². The first-order chi connectivity index (χ1) is 19.7. The van der Waals surface area contributed by atoms with Crippen LogP contribution in [0.1, 0.15) is 36.0 Å². The summed E-state index contributed by atoms with van der Waals surface area (Å²) in [6.07, 6.45) is -0.807. The van der Waals surface area contributed by atoms with Gasteiger partial charge in [-0.25, -0.2) is 0 Å². The highest BCUT2D eigenvalue weighted by atomic mass is 32.1. The van der Waals surface area contributed by atoms with Crippen molar-refractivity contribution in [1.82, 2.24) is 9.47 Å². The molecule has 13 heteroatoms. The van der Waals surface area contributed by atoms with E-state index in [2.05, 4.69) is 19.6 Å². The predicted octanol–water partition coefficient (Wildman–Crippen LogP) is 5.06. The smallest absolute Gasteiger partial charge is 0.497 e. The fourth-order valence-electron chi connectivity index (χ4n) is 4.46. The van der Waals surface area contributed by atoms with E-state index >= 15 is 0 Å². The van der Waals surface area contributed by atoms with Gasteiger partial charge < -0.3 is 29.4 Å². The molecule has 1 aliphatic rings. The standard InChI is InChI=1S/C28H32F3N5O4S/c1-38-21-11-12-22(24(17-21)39-2)25(37)34-27-36(16-6-13-33-26(32)35-14-4-3-5-15-35)23(18-41-27)19-7-9-20(10-8-19)40-28(29,30)31/h7-12,17-18H,3-6,13-16H2,1-2H3,(H2,32,33). The highest BCUT2D eigenvalue weighted by Crippen LogP contribution is 2.28. The minimum Gasteiger partial charge on any atom is -0.497 e. The van der Waals surface area contributed by atoms with Crippen LogP contribution in [-0.2, 0) is 6.54 Å². The average molecular weight is 592 g/mol. The minimum atomic E-state index is -4.78. The van der Waals surface area contributed by atoms with E-state index in [9.17, 15) is 18.0 Å². The van der Waals surface area contributed by atoms with Crippen LogP contribution in [0.4, 0.5) is 13.2 Å². The zero-order chi connectivity index (χ0) is 29.4. The zero-order valence-electron chi connectivity index (χ0n) is 22.8. The van der Waals surface area contributed by atoms with Crippen molar-refractivity contribution in [3.63, 3.8) is 0 Å². The van der Waals surface area contributed by atoms with Crippen LogP contribution in [0.5, 0.6) is 17.2 Å². The number of carbonyl (C=O) groups is 1. The number of hydrogen-bond acceptors (Lipinski definition) is 6. The first-order valence-corrected chi connectivity index (χ1v) is 14.0. The van der Waals surface area contributed by atoms with Gasteiger partial charge in [0.1, 0.15) is 17.2 Å². The summed E-state index contributed by atoms with van der Waals surface area (Å²) in [5.74, 6) is 0.552. The summed E-state index contributed by atoms with van der Waals surface area (Å²) in [5, 5.41) is 1.81. The topological polar surface area (TPSA) is 104 Å². The number of carbonyl (C=O) groups excluding carboxylic acids is 1. The van der Waals surface area contributed by atoms with Gasteiger partial charge in [-0.05, 0) is 67.6 Å². The molecule has 2 aromatic carbocycles. The Balaban J connectivity index is 1.62. The molecule has 9 nitrogen and oxygen atoms in total. The number of rotatable bonds is 9. The lowest BCUT2D eigenvalue weighted by molar-refractivity contribution is -0.274. The Kier molecular flexibility index (Phi) is 9.92. The van der Waals surface area contributed by atoms with Gasteiger partial charge in [0.15, 0.2) is 10.8 Å². The molecule has 4 rings (SSSR count). The molecular formula is C28H32F3N5O4S. The van der Waals surface area contributed by atoms with Gasteiger partial charge in [0.2, 0.25) is 0 Å². The second-order valence-corrected chi connectivity index (χ2v) is 10.1. The van der Waals surface area contributed by atoms with Gasteiger partial charge in [0, 0.05) is 37.6 Å². The number of alkyl halides is 3. The number of nitrogens with two attached hydrogens (primary N) is 1. The van der Waals surface area contributed by atoms with E-state index in [0.717, 1.165) is 25.9 Å². The number of ether oxygens (including phenoxy) is 3. The van der Waals surface area contributed by atoms with Crippen LogP contribution in [0.2, 0.25) is 0 Å². The van der Waals surface area contributed by atoms with Crippen molar-refractivity contribution in [2.45, 2.75) is 38.6 Å². The SMILES string of the molecule is COc1ccc(C(=O)N=c2scc(-c3ccc(OC(F)(F)F)cc3)n2CCCN=C(N)N2CCCCC2)c(OC)c1. The molecule has 2 N–H and O–H groups in total. The fraction of sp³-hybridized carbons (Fsp3) is 0.393. The second kappa shape index (κ2) is 13.6. The maximum atomic E-state index is 13.2. The minimum absolute atomic E-state index is 0.266. The highest BCUT2D eigenvalue weighted by molar-refractivity contribution is 7.07. The maximum absolute atomic E-state index is 13.2. The number of guanidine groups is 1. The Labute approximate surface area is 239 Å². The van der Waals surface area contributed by atoms with Gasteiger partial charge in [0.05, 0.1) is 25.5 Å². The second-order valence-electron chi connectivity index (χ2n) is 9.25. The van der Waals surface area contributed by atoms with Crippen LogP contribution < -0.4 is 24.7 Å². The molecule has 0 spiro atoms. The highest BCUT2D eigenvalue weighted by Gasteiger charge is 2.31. The molecule has 41 heavy (non-hydrogen) atoms. The molecule has 0 aliphatic carbocycles. The summed E-state index contributed by atoms with van der Waals surface area (Å²) in [6, 6.07) is 10.4. The molecule has 0 unspecified atom stereocenters. The van der Waals surface area contributed by atoms with Crippen molar-refractivity contribution in [3.05, 3.63) is 58.2 Å². The molecule has 2 heterocycles. The Morgan fingerprint density at radius 3 is 2.39 bits per heavy atom. The number of hydrogen-bond donors (Lipinski definition) is 1. The third-order valence-corrected chi connectivity index (χ3v) is 7.37. The molecule has 1 fully saturated rings. The monoisotopic (exact) mass is 591 g/mol. The number of nitrogens with zero attached hydrogens (tertiary/aromatic N) is 4. The fourth-order valence-corrected chi connectivity index (χ4v) is 5.39. The number of likely N-dealkylation sites (tertiary alicyclic amines) is 1. The van der Waals surface area contributed by atoms with Crippen LogP contribution >= 0.6 is 11.3 Å². The number of methoxy groups -OCH3 is 2. The van der Waals surface area contributed by atoms with E-state index in [1.807, 2.05) is 9.95 Å². The largest absolute Gasteiger partial charge is 0.573 e. The summed E-state index contributed by atoms with van der Waals surface area (Å²) >= 11 is 1.25. The summed E-state index contributed by atoms with van der Waals surface area (Å²) in [5.41, 5.74) is 7.79. The van der Waals surface area contributed by atoms with E-state index < -0.39 is 12.3 Å². The predicted molar refractivity (Wildman–Crippen MR) is 150 cm³/mol. The van der Waals surface area contributed by atoms with Gasteiger partial charge >= 0.3 is 6.36 Å². The third-order valence-electron chi connectivity index (χ3n) is 6.51. The summed E-state index contributed by atoms with van der Waals surface area (Å²) in [7, 11) is 2.97. The summed E-state index contributed by atoms with van der Waals surface area (Å²) in [6.45, 7) is 2.70. The zero-order valence-corrected chi connectivity index (χ0v) is 23.6. The molecule has 0 atom stereocenters. The lowest BCUT2D eigenvalue weighted by Crippen LogP contribution is -2.40. The molecule has 0 bridgehead atoms. The van der Waals surface area contributed by atoms with Crippen molar-refractivity contribution < 1.29 is 32.2 Å². The van der Waals surface area contributed by atoms with Crippen LogP contribution in [0.3, 0.4) is 0 Å². The summed E-state index contributed by atoms with van der Waals surface area (Å²) < 4.78 is 54.3. The Morgan fingerprint density at radius 1 is 1.02 bits per heavy atom. The van der Waals surface area contributed by atoms with Gasteiger partial charge in [-0.3, -0.25) is 9.79 Å². The van der Waals surface area contributed by atoms with Crippen LogP contribution in [0.15, 0.2) is 57.8 Å². The Bertz CT molecular complexity index is 1430. The van der Waals surface area contributed by atoms with Crippen molar-refractivity contribution in [2.75, 3.05) is 33.9 Å². The number of aliphatic imine (C=N–C) groups is 1. The Morgan fingerprint density at radius 2 is 1.73 bits per heavy atom. The summed E-state index contributed by atoms with van der Waals surface area (Å²) in [4.78, 5) is 24.6. The molecule has 220 valence electrons. The lowest BCUT2D eigenvalue weighted by Gasteiger charge is -2.27. The van der Waals surface area contributed by atoms with Gasteiger partial charge in [0.25, 0.3) is 5.91 Å². The first-order valence-electron chi connectivity index (χ1n) is 13.1. The van der Waals surface area contributed by atoms with E-state index in [4.69, 9.17) is 15.2 Å². The van der Waals surface area contributed by atoms with Crippen molar-refractivity contribution >= 4 is 23.2 Å². The van der Waals surface area contributed by atoms with E-state index in [1.54, 1.807) is 18.2 Å². The van der Waals surface area contributed by atoms with Crippen molar-refractivity contribution in [3.8, 4) is 28.5 Å². The number of piperidine rings is 1. The van der Waals surface area contributed by atoms with Crippen molar-refractivity contribution in [2.24, 2.45) is 15.7 Å². The number of aromatic nitrogens is 1. The number of amides is 1. The molecule has 1 aromatic heterocycles.